The second kappa shape index (κ2) is 15.6. The van der Waals surface area contributed by atoms with Gasteiger partial charge in [0.25, 0.3) is 0 Å². The summed E-state index contributed by atoms with van der Waals surface area (Å²) in [6, 6.07) is 8.28. The van der Waals surface area contributed by atoms with Crippen molar-refractivity contribution in [2.45, 2.75) is 72.8 Å². The number of para-hydroxylation sites is 2. The molecule has 0 aliphatic rings. The number of anilines is 1. The number of hydrogen-bond acceptors (Lipinski definition) is 5. The third kappa shape index (κ3) is 10.7. The van der Waals surface area contributed by atoms with Gasteiger partial charge in [-0.05, 0) is 78.9 Å². The Labute approximate surface area is 231 Å². The third-order valence-corrected chi connectivity index (χ3v) is 7.74. The molecule has 0 fully saturated rings. The first-order valence-corrected chi connectivity index (χ1v) is 15.2. The monoisotopic (exact) mass is 534 g/mol. The van der Waals surface area contributed by atoms with Gasteiger partial charge in [-0.15, -0.1) is 11.3 Å². The Kier molecular flexibility index (Phi) is 12.2. The molecule has 4 nitrogen and oxygen atoms in total. The normalized spacial score (nSPS) is 13.0. The van der Waals surface area contributed by atoms with E-state index in [0.29, 0.717) is 0 Å². The summed E-state index contributed by atoms with van der Waals surface area (Å²) in [7, 11) is 0. The molecule has 0 aliphatic carbocycles. The highest BCUT2D eigenvalue weighted by Gasteiger charge is 2.17. The van der Waals surface area contributed by atoms with Crippen LogP contribution in [0.5, 0.6) is 0 Å². The molecule has 2 aromatic heterocycles. The van der Waals surface area contributed by atoms with Gasteiger partial charge < -0.3 is 10.3 Å². The molecule has 0 spiro atoms. The molecule has 2 N–H and O–H groups in total. The molecule has 0 radical (unpaired) electrons. The zero-order valence-electron chi connectivity index (χ0n) is 23.0. The van der Waals surface area contributed by atoms with Crippen molar-refractivity contribution in [1.82, 2.24) is 15.0 Å². The predicted molar refractivity (Wildman–Crippen MR) is 166 cm³/mol. The van der Waals surface area contributed by atoms with Gasteiger partial charge in [-0.2, -0.15) is 11.8 Å². The minimum atomic E-state index is 0.0737. The van der Waals surface area contributed by atoms with Crippen LogP contribution in [0, 0.1) is 0 Å². The van der Waals surface area contributed by atoms with E-state index in [1.165, 1.54) is 22.3 Å². The lowest BCUT2D eigenvalue weighted by Crippen LogP contribution is -2.15. The fourth-order valence-corrected chi connectivity index (χ4v) is 5.50. The van der Waals surface area contributed by atoms with E-state index in [9.17, 15) is 0 Å². The Morgan fingerprint density at radius 2 is 1.78 bits per heavy atom. The minimum absolute atomic E-state index is 0.0737. The smallest absolute Gasteiger partial charge is 0.183 e. The summed E-state index contributed by atoms with van der Waals surface area (Å²) in [6.07, 6.45) is 17.0. The molecule has 1 aromatic carbocycles. The van der Waals surface area contributed by atoms with Crippen LogP contribution in [0.2, 0.25) is 0 Å². The number of aromatic nitrogens is 3. The van der Waals surface area contributed by atoms with Crippen molar-refractivity contribution in [3.05, 3.63) is 88.3 Å². The first-order chi connectivity index (χ1) is 17.9. The summed E-state index contributed by atoms with van der Waals surface area (Å²) in [6.45, 7) is 11.0. The molecule has 2 heterocycles. The molecule has 198 valence electrons. The van der Waals surface area contributed by atoms with Crippen LogP contribution in [-0.4, -0.2) is 26.5 Å². The molecule has 1 unspecified atom stereocenters. The maximum absolute atomic E-state index is 4.86. The zero-order chi connectivity index (χ0) is 26.5. The van der Waals surface area contributed by atoms with Gasteiger partial charge in [0.15, 0.2) is 5.13 Å². The molecule has 0 aliphatic heterocycles. The van der Waals surface area contributed by atoms with Crippen LogP contribution < -0.4 is 5.32 Å². The van der Waals surface area contributed by atoms with Crippen LogP contribution in [0.25, 0.3) is 11.0 Å². The number of aromatic amines is 1. The first-order valence-electron chi connectivity index (χ1n) is 13.2. The van der Waals surface area contributed by atoms with Gasteiger partial charge in [-0.1, -0.05) is 58.7 Å². The summed E-state index contributed by atoms with van der Waals surface area (Å²) in [5.74, 6) is 2.87. The largest absolute Gasteiger partial charge is 0.351 e. The van der Waals surface area contributed by atoms with Crippen molar-refractivity contribution in [1.29, 1.82) is 0 Å². The molecule has 3 rings (SSSR count). The predicted octanol–water partition coefficient (Wildman–Crippen LogP) is 9.66. The quantitative estimate of drug-likeness (QED) is 0.150. The van der Waals surface area contributed by atoms with Crippen molar-refractivity contribution < 1.29 is 0 Å². The molecule has 37 heavy (non-hydrogen) atoms. The first kappa shape index (κ1) is 29.0. The maximum atomic E-state index is 4.86. The van der Waals surface area contributed by atoms with Gasteiger partial charge in [-0.25, -0.2) is 9.97 Å². The average molecular weight is 535 g/mol. The standard InChI is InChI=1S/C31H42N4S2/c1-23(2)10-8-11-25(5)12-9-13-26(17-16-24(3)4)18-20-36-22-29(35-31-32-19-21-37-31)30-33-27-14-6-7-15-28(27)34-30/h6-7,10,12,14-16,18-19,21,29H,8-9,11,13,17,20,22H2,1-5H3,(H,32,35)(H,33,34). The number of benzene rings is 1. The molecular weight excluding hydrogens is 493 g/mol. The number of hydrogen-bond donors (Lipinski definition) is 2. The summed E-state index contributed by atoms with van der Waals surface area (Å²) in [4.78, 5) is 12.8. The third-order valence-electron chi connectivity index (χ3n) is 6.06. The van der Waals surface area contributed by atoms with Crippen LogP contribution in [0.3, 0.4) is 0 Å². The number of fused-ring (bicyclic) bond motifs is 1. The number of allylic oxidation sites excluding steroid dienone is 7. The fourth-order valence-electron chi connectivity index (χ4n) is 3.95. The fraction of sp³-hybridized carbons (Fsp3) is 0.419. The van der Waals surface area contributed by atoms with E-state index in [4.69, 9.17) is 4.98 Å². The molecule has 6 heteroatoms. The van der Waals surface area contributed by atoms with Gasteiger partial charge in [0.1, 0.15) is 5.82 Å². The highest BCUT2D eigenvalue weighted by molar-refractivity contribution is 7.99. The molecule has 0 saturated heterocycles. The second-order valence-electron chi connectivity index (χ2n) is 9.97. The summed E-state index contributed by atoms with van der Waals surface area (Å²) in [5.41, 5.74) is 7.87. The van der Waals surface area contributed by atoms with Crippen molar-refractivity contribution in [2.24, 2.45) is 0 Å². The maximum Gasteiger partial charge on any atom is 0.183 e. The van der Waals surface area contributed by atoms with Crippen molar-refractivity contribution >= 4 is 39.3 Å². The van der Waals surface area contributed by atoms with E-state index in [0.717, 1.165) is 65.6 Å². The van der Waals surface area contributed by atoms with Gasteiger partial charge in [-0.3, -0.25) is 0 Å². The van der Waals surface area contributed by atoms with Crippen molar-refractivity contribution in [3.63, 3.8) is 0 Å². The van der Waals surface area contributed by atoms with Crippen LogP contribution >= 0.6 is 23.1 Å². The van der Waals surface area contributed by atoms with Crippen molar-refractivity contribution in [2.75, 3.05) is 16.8 Å². The number of imidazole rings is 1. The Balaban J connectivity index is 1.60. The number of nitrogens with one attached hydrogen (secondary N) is 2. The van der Waals surface area contributed by atoms with Crippen LogP contribution in [0.4, 0.5) is 5.13 Å². The highest BCUT2D eigenvalue weighted by Crippen LogP contribution is 2.26. The van der Waals surface area contributed by atoms with E-state index in [1.54, 1.807) is 11.3 Å². The van der Waals surface area contributed by atoms with E-state index < -0.39 is 0 Å². The lowest BCUT2D eigenvalue weighted by atomic mass is 10.0. The Bertz CT molecular complexity index is 1170. The molecule has 3 aromatic rings. The van der Waals surface area contributed by atoms with Gasteiger partial charge in [0, 0.05) is 23.1 Å². The number of thioether (sulfide) groups is 1. The van der Waals surface area contributed by atoms with E-state index in [2.05, 4.69) is 86.3 Å². The highest BCUT2D eigenvalue weighted by atomic mass is 32.2. The van der Waals surface area contributed by atoms with Gasteiger partial charge >= 0.3 is 0 Å². The van der Waals surface area contributed by atoms with Crippen LogP contribution in [0.15, 0.2) is 82.4 Å². The number of thiazole rings is 1. The number of nitrogens with zero attached hydrogens (tertiary/aromatic N) is 2. The van der Waals surface area contributed by atoms with Gasteiger partial charge in [0.05, 0.1) is 17.1 Å². The minimum Gasteiger partial charge on any atom is -0.351 e. The summed E-state index contributed by atoms with van der Waals surface area (Å²) >= 11 is 3.56. The zero-order valence-corrected chi connectivity index (χ0v) is 24.6. The lowest BCUT2D eigenvalue weighted by Gasteiger charge is -2.15. The van der Waals surface area contributed by atoms with Gasteiger partial charge in [0.2, 0.25) is 0 Å². The molecule has 0 saturated carbocycles. The van der Waals surface area contributed by atoms with Crippen LogP contribution in [0.1, 0.15) is 78.6 Å². The number of H-pyrrole nitrogens is 1. The summed E-state index contributed by atoms with van der Waals surface area (Å²) < 4.78 is 0. The molecule has 0 amide bonds. The SMILES string of the molecule is CC(C)=CCCC(C)=CCCC(=CCSCC(Nc1nccs1)c1nc2ccccc2[nH]1)CC=C(C)C. The van der Waals surface area contributed by atoms with E-state index in [1.807, 2.05) is 35.5 Å². The van der Waals surface area contributed by atoms with E-state index in [-0.39, 0.29) is 6.04 Å². The Hall–Kier alpha value is -2.57. The molecule has 1 atom stereocenters. The van der Waals surface area contributed by atoms with Crippen LogP contribution in [-0.2, 0) is 0 Å². The lowest BCUT2D eigenvalue weighted by molar-refractivity contribution is 0.825. The second-order valence-corrected chi connectivity index (χ2v) is 11.9. The topological polar surface area (TPSA) is 53.6 Å². The summed E-state index contributed by atoms with van der Waals surface area (Å²) in [5, 5.41) is 6.52. The Morgan fingerprint density at radius 3 is 2.51 bits per heavy atom. The van der Waals surface area contributed by atoms with Crippen molar-refractivity contribution in [3.8, 4) is 0 Å². The Morgan fingerprint density at radius 1 is 1.00 bits per heavy atom. The van der Waals surface area contributed by atoms with E-state index >= 15 is 0 Å². The number of rotatable bonds is 15. The molecule has 0 bridgehead atoms. The average Bonchev–Trinajstić information content (AvgIpc) is 3.53. The molecular formula is C31H42N4S2.